The lowest BCUT2D eigenvalue weighted by Gasteiger charge is -2.16. The largest absolute Gasteiger partial charge is 0.573 e. The Hall–Kier alpha value is -2.82. The van der Waals surface area contributed by atoms with Gasteiger partial charge in [-0.25, -0.2) is 9.18 Å². The average Bonchev–Trinajstić information content (AvgIpc) is 2.86. The maximum atomic E-state index is 14.2. The summed E-state index contributed by atoms with van der Waals surface area (Å²) in [4.78, 5) is 25.2. The highest BCUT2D eigenvalue weighted by atomic mass is 19.4. The molecule has 0 bridgehead atoms. The molecular formula is C15H14F4N2O5. The van der Waals surface area contributed by atoms with Gasteiger partial charge in [0.05, 0.1) is 31.5 Å². The number of hydrogen-bond acceptors (Lipinski definition) is 6. The highest BCUT2D eigenvalue weighted by Gasteiger charge is 2.36. The van der Waals surface area contributed by atoms with Crippen molar-refractivity contribution in [1.82, 2.24) is 4.90 Å². The predicted molar refractivity (Wildman–Crippen MR) is 79.4 cm³/mol. The number of anilines is 1. The van der Waals surface area contributed by atoms with E-state index in [1.165, 1.54) is 0 Å². The number of nitrogens with zero attached hydrogens (tertiary/aromatic N) is 1. The van der Waals surface area contributed by atoms with Crippen molar-refractivity contribution in [3.8, 4) is 5.75 Å². The van der Waals surface area contributed by atoms with Gasteiger partial charge >= 0.3 is 12.3 Å². The summed E-state index contributed by atoms with van der Waals surface area (Å²) in [7, 11) is 1.07. The van der Waals surface area contributed by atoms with Crippen LogP contribution < -0.4 is 10.1 Å². The van der Waals surface area contributed by atoms with Crippen molar-refractivity contribution < 1.29 is 41.7 Å². The van der Waals surface area contributed by atoms with Gasteiger partial charge in [-0.15, -0.1) is 13.2 Å². The van der Waals surface area contributed by atoms with Crippen LogP contribution in [0.5, 0.6) is 5.75 Å². The molecule has 0 aliphatic carbocycles. The monoisotopic (exact) mass is 378 g/mol. The normalized spacial score (nSPS) is 14.7. The van der Waals surface area contributed by atoms with Gasteiger partial charge in [0, 0.05) is 6.54 Å². The fraction of sp³-hybridized carbons (Fsp3) is 0.333. The van der Waals surface area contributed by atoms with E-state index in [0.717, 1.165) is 30.2 Å². The smallest absolute Gasteiger partial charge is 0.466 e. The maximum absolute atomic E-state index is 14.2. The fourth-order valence-corrected chi connectivity index (χ4v) is 2.29. The van der Waals surface area contributed by atoms with Crippen LogP contribution in [0.25, 0.3) is 0 Å². The first kappa shape index (κ1) is 19.5. The molecule has 1 amide bonds. The third-order valence-electron chi connectivity index (χ3n) is 3.40. The number of benzene rings is 1. The van der Waals surface area contributed by atoms with Crippen molar-refractivity contribution in [3.63, 3.8) is 0 Å². The van der Waals surface area contributed by atoms with Gasteiger partial charge in [-0.3, -0.25) is 4.79 Å². The molecule has 1 aromatic rings. The summed E-state index contributed by atoms with van der Waals surface area (Å²) in [6.45, 7) is -0.671. The highest BCUT2D eigenvalue weighted by molar-refractivity contribution is 6.08. The minimum atomic E-state index is -5.10. The molecule has 0 spiro atoms. The Bertz CT molecular complexity index is 748. The van der Waals surface area contributed by atoms with E-state index < -0.39 is 35.5 Å². The molecule has 1 aromatic carbocycles. The van der Waals surface area contributed by atoms with Crippen molar-refractivity contribution >= 4 is 17.6 Å². The highest BCUT2D eigenvalue weighted by Crippen LogP contribution is 2.31. The summed E-state index contributed by atoms with van der Waals surface area (Å²) < 4.78 is 59.3. The number of methoxy groups -OCH3 is 1. The van der Waals surface area contributed by atoms with E-state index in [1.54, 1.807) is 0 Å². The van der Waals surface area contributed by atoms with Gasteiger partial charge in [-0.05, 0) is 12.1 Å². The molecule has 0 unspecified atom stereocenters. The number of ether oxygens (including phenoxy) is 2. The first-order valence-corrected chi connectivity index (χ1v) is 7.20. The lowest BCUT2D eigenvalue weighted by molar-refractivity contribution is -0.275. The van der Waals surface area contributed by atoms with Crippen LogP contribution in [-0.2, 0) is 14.3 Å². The van der Waals surface area contributed by atoms with Crippen molar-refractivity contribution in [3.05, 3.63) is 35.3 Å². The lowest BCUT2D eigenvalue weighted by atomic mass is 10.2. The molecule has 142 valence electrons. The van der Waals surface area contributed by atoms with Crippen molar-refractivity contribution in [2.24, 2.45) is 0 Å². The third kappa shape index (κ3) is 4.23. The molecule has 1 heterocycles. The standard InChI is InChI=1S/C15H14F4N2O5/c1-25-14(24)8-7-21(5-6-22)13(23)12(8)20-9-3-2-4-10(11(9)16)26-15(17,18)19/h2-4,20,22H,5-7H2,1H3. The Labute approximate surface area is 144 Å². The lowest BCUT2D eigenvalue weighted by Crippen LogP contribution is -2.31. The van der Waals surface area contributed by atoms with E-state index in [0.29, 0.717) is 0 Å². The quantitative estimate of drug-likeness (QED) is 0.575. The number of halogens is 4. The molecule has 11 heteroatoms. The number of amides is 1. The van der Waals surface area contributed by atoms with Crippen LogP contribution in [0, 0.1) is 5.82 Å². The van der Waals surface area contributed by atoms with Crippen molar-refractivity contribution in [2.75, 3.05) is 32.1 Å². The fourth-order valence-electron chi connectivity index (χ4n) is 2.29. The molecular weight excluding hydrogens is 364 g/mol. The zero-order chi connectivity index (χ0) is 19.5. The van der Waals surface area contributed by atoms with Gasteiger partial charge in [0.2, 0.25) is 0 Å². The maximum Gasteiger partial charge on any atom is 0.573 e. The predicted octanol–water partition coefficient (Wildman–Crippen LogP) is 1.40. The van der Waals surface area contributed by atoms with E-state index in [-0.39, 0.29) is 31.0 Å². The Kier molecular flexibility index (Phi) is 5.70. The Morgan fingerprint density at radius 2 is 2.08 bits per heavy atom. The van der Waals surface area contributed by atoms with Crippen LogP contribution in [-0.4, -0.2) is 55.1 Å². The van der Waals surface area contributed by atoms with Crippen LogP contribution >= 0.6 is 0 Å². The summed E-state index contributed by atoms with van der Waals surface area (Å²) in [6, 6.07) is 2.91. The molecule has 1 aliphatic heterocycles. The van der Waals surface area contributed by atoms with Gasteiger partial charge in [0.25, 0.3) is 5.91 Å². The number of carbonyl (C=O) groups is 2. The summed E-state index contributed by atoms with van der Waals surface area (Å²) in [6.07, 6.45) is -5.10. The number of hydrogen-bond donors (Lipinski definition) is 2. The zero-order valence-corrected chi connectivity index (χ0v) is 13.4. The Morgan fingerprint density at radius 1 is 1.38 bits per heavy atom. The number of rotatable bonds is 6. The van der Waals surface area contributed by atoms with Crippen LogP contribution in [0.15, 0.2) is 29.5 Å². The summed E-state index contributed by atoms with van der Waals surface area (Å²) in [5.74, 6) is -4.10. The molecule has 1 aliphatic rings. The average molecular weight is 378 g/mol. The Morgan fingerprint density at radius 3 is 2.65 bits per heavy atom. The molecule has 0 saturated heterocycles. The van der Waals surface area contributed by atoms with Gasteiger partial charge in [0.15, 0.2) is 11.6 Å². The van der Waals surface area contributed by atoms with E-state index in [2.05, 4.69) is 14.8 Å². The second-order valence-corrected chi connectivity index (χ2v) is 5.09. The van der Waals surface area contributed by atoms with E-state index in [9.17, 15) is 27.2 Å². The number of aliphatic hydroxyl groups is 1. The molecule has 0 atom stereocenters. The van der Waals surface area contributed by atoms with E-state index in [1.807, 2.05) is 0 Å². The summed E-state index contributed by atoms with van der Waals surface area (Å²) in [5, 5.41) is 11.3. The van der Waals surface area contributed by atoms with Gasteiger partial charge in [0.1, 0.15) is 5.70 Å². The molecule has 7 nitrogen and oxygen atoms in total. The number of β-amino-alcohol motifs (C(OH)–C–C–N with tert-alkyl or cyclic N) is 1. The van der Waals surface area contributed by atoms with Gasteiger partial charge in [-0.1, -0.05) is 6.07 Å². The molecule has 2 rings (SSSR count). The van der Waals surface area contributed by atoms with Crippen LogP contribution in [0.2, 0.25) is 0 Å². The van der Waals surface area contributed by atoms with Crippen molar-refractivity contribution in [1.29, 1.82) is 0 Å². The number of aliphatic hydroxyl groups excluding tert-OH is 1. The summed E-state index contributed by atoms with van der Waals surface area (Å²) >= 11 is 0. The van der Waals surface area contributed by atoms with Gasteiger partial charge < -0.3 is 24.8 Å². The minimum absolute atomic E-state index is 0.0930. The van der Waals surface area contributed by atoms with E-state index in [4.69, 9.17) is 5.11 Å². The molecule has 0 saturated carbocycles. The minimum Gasteiger partial charge on any atom is -0.466 e. The molecule has 2 N–H and O–H groups in total. The molecule has 26 heavy (non-hydrogen) atoms. The molecule has 0 aromatic heterocycles. The zero-order valence-electron chi connectivity index (χ0n) is 13.4. The molecule has 0 radical (unpaired) electrons. The number of alkyl halides is 3. The van der Waals surface area contributed by atoms with Crippen molar-refractivity contribution in [2.45, 2.75) is 6.36 Å². The number of esters is 1. The van der Waals surface area contributed by atoms with E-state index >= 15 is 0 Å². The first-order valence-electron chi connectivity index (χ1n) is 7.20. The first-order chi connectivity index (χ1) is 12.2. The Balaban J connectivity index is 2.36. The van der Waals surface area contributed by atoms with Crippen LogP contribution in [0.3, 0.4) is 0 Å². The van der Waals surface area contributed by atoms with Gasteiger partial charge in [-0.2, -0.15) is 0 Å². The second kappa shape index (κ2) is 7.60. The summed E-state index contributed by atoms with van der Waals surface area (Å²) in [5.41, 5.74) is -0.997. The molecule has 0 fully saturated rings. The third-order valence-corrected chi connectivity index (χ3v) is 3.40. The topological polar surface area (TPSA) is 88.1 Å². The number of carbonyl (C=O) groups excluding carboxylic acids is 2. The SMILES string of the molecule is COC(=O)C1=C(Nc2cccc(OC(F)(F)F)c2F)C(=O)N(CCO)C1. The van der Waals surface area contributed by atoms with Crippen LogP contribution in [0.4, 0.5) is 23.2 Å². The van der Waals surface area contributed by atoms with Crippen LogP contribution in [0.1, 0.15) is 0 Å². The second-order valence-electron chi connectivity index (χ2n) is 5.09. The number of nitrogens with one attached hydrogen (secondary N) is 1.